The van der Waals surface area contributed by atoms with Crippen molar-refractivity contribution in [3.8, 4) is 22.6 Å². The summed E-state index contributed by atoms with van der Waals surface area (Å²) in [6, 6.07) is 17.7. The molecule has 29 heavy (non-hydrogen) atoms. The number of nitrogens with one attached hydrogen (secondary N) is 1. The molecule has 1 amide bonds. The fraction of sp³-hybridized carbons (Fsp3) is 0.0909. The quantitative estimate of drug-likeness (QED) is 0.497. The molecule has 0 atom stereocenters. The largest absolute Gasteiger partial charge is 0.504 e. The van der Waals surface area contributed by atoms with Crippen LogP contribution in [0.4, 0.5) is 10.5 Å². The van der Waals surface area contributed by atoms with Gasteiger partial charge >= 0.3 is 12.1 Å². The van der Waals surface area contributed by atoms with Crippen LogP contribution < -0.4 is 5.32 Å². The molecule has 0 unspecified atom stereocenters. The number of phenols is 2. The Labute approximate surface area is 165 Å². The van der Waals surface area contributed by atoms with Gasteiger partial charge in [-0.25, -0.2) is 9.59 Å². The summed E-state index contributed by atoms with van der Waals surface area (Å²) in [5.74, 6) is -2.74. The third-order valence-electron chi connectivity index (χ3n) is 4.92. The first-order valence-electron chi connectivity index (χ1n) is 8.87. The molecule has 146 valence electrons. The number of phenolic OH excluding ortho intramolecular Hbond substituents is 2. The van der Waals surface area contributed by atoms with Crippen LogP contribution in [0.2, 0.25) is 0 Å². The summed E-state index contributed by atoms with van der Waals surface area (Å²) in [6.45, 7) is 0.0607. The Balaban J connectivity index is 1.52. The van der Waals surface area contributed by atoms with Crippen LogP contribution in [0.25, 0.3) is 11.1 Å². The number of ether oxygens (including phenoxy) is 1. The Hall–Kier alpha value is -4.00. The molecule has 0 radical (unpaired) electrons. The summed E-state index contributed by atoms with van der Waals surface area (Å²) in [6.07, 6.45) is -0.871. The zero-order valence-electron chi connectivity index (χ0n) is 15.1. The average Bonchev–Trinajstić information content (AvgIpc) is 3.03. The van der Waals surface area contributed by atoms with E-state index in [9.17, 15) is 19.8 Å². The van der Waals surface area contributed by atoms with Crippen LogP contribution in [0, 0.1) is 0 Å². The molecule has 0 spiro atoms. The van der Waals surface area contributed by atoms with Crippen molar-refractivity contribution in [2.45, 2.75) is 5.92 Å². The third kappa shape index (κ3) is 3.34. The Bertz CT molecular complexity index is 1080. The molecular weight excluding hydrogens is 374 g/mol. The molecule has 1 aliphatic rings. The molecule has 4 N–H and O–H groups in total. The lowest BCUT2D eigenvalue weighted by atomic mass is 9.98. The number of hydrogen-bond acceptors (Lipinski definition) is 5. The van der Waals surface area contributed by atoms with Gasteiger partial charge in [-0.3, -0.25) is 5.32 Å². The maximum Gasteiger partial charge on any atom is 0.411 e. The first-order chi connectivity index (χ1) is 14.0. The normalized spacial score (nSPS) is 12.1. The number of carbonyl (C=O) groups excluding carboxylic acids is 1. The molecule has 0 saturated carbocycles. The van der Waals surface area contributed by atoms with Crippen LogP contribution in [0.15, 0.2) is 60.7 Å². The minimum Gasteiger partial charge on any atom is -0.504 e. The van der Waals surface area contributed by atoms with Crippen molar-refractivity contribution >= 4 is 17.7 Å². The Kier molecular flexibility index (Phi) is 4.56. The topological polar surface area (TPSA) is 116 Å². The van der Waals surface area contributed by atoms with Crippen LogP contribution in [0.5, 0.6) is 11.5 Å². The summed E-state index contributed by atoms with van der Waals surface area (Å²) in [5.41, 5.74) is 3.75. The fourth-order valence-corrected chi connectivity index (χ4v) is 3.58. The standard InChI is InChI=1S/C22H17NO6/c24-19-10-12(21(26)27)9-18(20(19)25)23-22(28)29-11-17-15-7-3-1-5-13(15)14-6-2-4-8-16(14)17/h1-10,17,24-25H,11H2,(H,23,28)(H,26,27). The highest BCUT2D eigenvalue weighted by Gasteiger charge is 2.29. The SMILES string of the molecule is O=C(Nc1cc(C(=O)O)cc(O)c1O)OCC1c2ccccc2-c2ccccc21. The Morgan fingerprint density at radius 2 is 1.52 bits per heavy atom. The van der Waals surface area contributed by atoms with Crippen molar-refractivity contribution < 1.29 is 29.6 Å². The number of hydrogen-bond donors (Lipinski definition) is 4. The highest BCUT2D eigenvalue weighted by Crippen LogP contribution is 2.44. The van der Waals surface area contributed by atoms with Gasteiger partial charge in [0, 0.05) is 5.92 Å². The molecule has 1 aliphatic carbocycles. The van der Waals surface area contributed by atoms with Gasteiger partial charge in [-0.1, -0.05) is 48.5 Å². The van der Waals surface area contributed by atoms with E-state index in [0.29, 0.717) is 0 Å². The second-order valence-corrected chi connectivity index (χ2v) is 6.65. The van der Waals surface area contributed by atoms with E-state index in [-0.39, 0.29) is 23.8 Å². The predicted octanol–water partition coefficient (Wildman–Crippen LogP) is 4.16. The average molecular weight is 391 g/mol. The fourth-order valence-electron chi connectivity index (χ4n) is 3.58. The number of benzene rings is 3. The minimum atomic E-state index is -1.31. The van der Waals surface area contributed by atoms with Crippen LogP contribution in [-0.4, -0.2) is 34.0 Å². The zero-order chi connectivity index (χ0) is 20.5. The lowest BCUT2D eigenvalue weighted by Gasteiger charge is -2.15. The van der Waals surface area contributed by atoms with Crippen LogP contribution in [0.1, 0.15) is 27.4 Å². The zero-order valence-corrected chi connectivity index (χ0v) is 15.1. The molecule has 0 aromatic heterocycles. The van der Waals surface area contributed by atoms with Crippen LogP contribution in [-0.2, 0) is 4.74 Å². The van der Waals surface area contributed by atoms with Crippen molar-refractivity contribution in [2.75, 3.05) is 11.9 Å². The van der Waals surface area contributed by atoms with Crippen molar-refractivity contribution in [3.05, 3.63) is 77.4 Å². The van der Waals surface area contributed by atoms with Crippen LogP contribution in [0.3, 0.4) is 0 Å². The number of carbonyl (C=O) groups is 2. The number of aromatic carboxylic acids is 1. The minimum absolute atomic E-state index is 0.0607. The van der Waals surface area contributed by atoms with Crippen molar-refractivity contribution in [2.24, 2.45) is 0 Å². The molecule has 3 aromatic rings. The molecule has 0 aliphatic heterocycles. The van der Waals surface area contributed by atoms with Gasteiger partial charge < -0.3 is 20.1 Å². The lowest BCUT2D eigenvalue weighted by Crippen LogP contribution is -2.18. The molecule has 0 fully saturated rings. The molecule has 4 rings (SSSR count). The summed E-state index contributed by atoms with van der Waals surface area (Å²) in [4.78, 5) is 23.4. The van der Waals surface area contributed by atoms with E-state index in [2.05, 4.69) is 5.32 Å². The maximum atomic E-state index is 12.3. The van der Waals surface area contributed by atoms with Gasteiger partial charge in [0.2, 0.25) is 0 Å². The Morgan fingerprint density at radius 1 is 0.931 bits per heavy atom. The first-order valence-corrected chi connectivity index (χ1v) is 8.87. The number of fused-ring (bicyclic) bond motifs is 3. The van der Waals surface area contributed by atoms with Crippen molar-refractivity contribution in [3.63, 3.8) is 0 Å². The van der Waals surface area contributed by atoms with Gasteiger partial charge in [0.15, 0.2) is 11.5 Å². The molecule has 3 aromatic carbocycles. The molecule has 7 heteroatoms. The maximum absolute atomic E-state index is 12.3. The van der Waals surface area contributed by atoms with Crippen molar-refractivity contribution in [1.82, 2.24) is 0 Å². The summed E-state index contributed by atoms with van der Waals surface area (Å²) in [5, 5.41) is 30.9. The number of anilines is 1. The van der Waals surface area contributed by atoms with Gasteiger partial charge in [-0.15, -0.1) is 0 Å². The van der Waals surface area contributed by atoms with E-state index < -0.39 is 23.6 Å². The molecule has 0 heterocycles. The van der Waals surface area contributed by atoms with Gasteiger partial charge in [0.1, 0.15) is 6.61 Å². The third-order valence-corrected chi connectivity index (χ3v) is 4.92. The molecule has 0 saturated heterocycles. The van der Waals surface area contributed by atoms with E-state index >= 15 is 0 Å². The van der Waals surface area contributed by atoms with E-state index in [1.807, 2.05) is 48.5 Å². The number of carboxylic acids is 1. The van der Waals surface area contributed by atoms with Gasteiger partial charge in [-0.2, -0.15) is 0 Å². The van der Waals surface area contributed by atoms with E-state index in [0.717, 1.165) is 34.4 Å². The summed E-state index contributed by atoms with van der Waals surface area (Å²) in [7, 11) is 0. The monoisotopic (exact) mass is 391 g/mol. The second kappa shape index (κ2) is 7.20. The highest BCUT2D eigenvalue weighted by atomic mass is 16.5. The first kappa shape index (κ1) is 18.4. The number of amides is 1. The van der Waals surface area contributed by atoms with Crippen LogP contribution >= 0.6 is 0 Å². The summed E-state index contributed by atoms with van der Waals surface area (Å²) < 4.78 is 5.35. The molecule has 0 bridgehead atoms. The Morgan fingerprint density at radius 3 is 2.10 bits per heavy atom. The highest BCUT2D eigenvalue weighted by molar-refractivity contribution is 5.94. The predicted molar refractivity (Wildman–Crippen MR) is 105 cm³/mol. The van der Waals surface area contributed by atoms with Gasteiger partial charge in [0.25, 0.3) is 0 Å². The molecule has 7 nitrogen and oxygen atoms in total. The summed E-state index contributed by atoms with van der Waals surface area (Å²) >= 11 is 0. The van der Waals surface area contributed by atoms with Gasteiger partial charge in [-0.05, 0) is 34.4 Å². The lowest BCUT2D eigenvalue weighted by molar-refractivity contribution is 0.0696. The molecular formula is C22H17NO6. The van der Waals surface area contributed by atoms with E-state index in [1.54, 1.807) is 0 Å². The number of rotatable bonds is 4. The number of aromatic hydroxyl groups is 2. The smallest absolute Gasteiger partial charge is 0.411 e. The number of carboxylic acid groups (broad SMARTS) is 1. The van der Waals surface area contributed by atoms with Gasteiger partial charge in [0.05, 0.1) is 11.3 Å². The second-order valence-electron chi connectivity index (χ2n) is 6.65. The van der Waals surface area contributed by atoms with E-state index in [1.165, 1.54) is 0 Å². The van der Waals surface area contributed by atoms with E-state index in [4.69, 9.17) is 9.84 Å². The van der Waals surface area contributed by atoms with Crippen molar-refractivity contribution in [1.29, 1.82) is 0 Å².